The van der Waals surface area contributed by atoms with Crippen molar-refractivity contribution in [1.82, 2.24) is 19.9 Å². The molecule has 29 heavy (non-hydrogen) atoms. The average Bonchev–Trinajstić information content (AvgIpc) is 3.08. The van der Waals surface area contributed by atoms with E-state index in [9.17, 15) is 9.90 Å². The summed E-state index contributed by atoms with van der Waals surface area (Å²) in [5.41, 5.74) is 2.18. The zero-order valence-electron chi connectivity index (χ0n) is 15.4. The van der Waals surface area contributed by atoms with E-state index in [1.807, 2.05) is 6.07 Å². The fourth-order valence-electron chi connectivity index (χ4n) is 4.03. The number of imidazole rings is 1. The topological polar surface area (TPSA) is 82.1 Å². The Morgan fingerprint density at radius 3 is 2.62 bits per heavy atom. The number of hydrogen-bond acceptors (Lipinski definition) is 3. The van der Waals surface area contributed by atoms with E-state index >= 15 is 0 Å². The summed E-state index contributed by atoms with van der Waals surface area (Å²) < 4.78 is 0. The SMILES string of the molecule is O=C(O)N(Cc1cc(Cl)cc(Cl)c1)C1CCCC(c2nc3nc(Cl)ccc3[nH]2)C1. The number of aromatic nitrogens is 3. The number of nitrogens with zero attached hydrogens (tertiary/aromatic N) is 3. The number of carboxylic acid groups (broad SMARTS) is 1. The molecule has 2 heterocycles. The maximum absolute atomic E-state index is 12.0. The summed E-state index contributed by atoms with van der Waals surface area (Å²) >= 11 is 18.1. The standard InChI is InChI=1S/C20H19Cl3N4O2/c21-13-6-11(7-14(22)9-13)10-27(20(28)29)15-3-1-2-12(8-15)18-24-16-4-5-17(23)25-19(16)26-18/h4-7,9,12,15H,1-3,8,10H2,(H,28,29)(H,24,25,26). The molecule has 2 unspecified atom stereocenters. The first-order chi connectivity index (χ1) is 13.9. The highest BCUT2D eigenvalue weighted by Crippen LogP contribution is 2.35. The molecule has 2 aromatic heterocycles. The van der Waals surface area contributed by atoms with E-state index in [4.69, 9.17) is 34.8 Å². The number of rotatable bonds is 4. The van der Waals surface area contributed by atoms with E-state index in [0.717, 1.165) is 36.2 Å². The number of pyridine rings is 1. The fourth-order valence-corrected chi connectivity index (χ4v) is 4.74. The van der Waals surface area contributed by atoms with Crippen LogP contribution in [0.2, 0.25) is 15.2 Å². The van der Waals surface area contributed by atoms with Gasteiger partial charge in [0.25, 0.3) is 0 Å². The highest BCUT2D eigenvalue weighted by Gasteiger charge is 2.32. The molecule has 6 nitrogen and oxygen atoms in total. The zero-order chi connectivity index (χ0) is 20.5. The summed E-state index contributed by atoms with van der Waals surface area (Å²) in [6, 6.07) is 8.59. The zero-order valence-corrected chi connectivity index (χ0v) is 17.7. The molecule has 0 bridgehead atoms. The molecule has 1 aliphatic carbocycles. The smallest absolute Gasteiger partial charge is 0.407 e. The molecule has 0 spiro atoms. The molecular formula is C20H19Cl3N4O2. The van der Waals surface area contributed by atoms with Crippen molar-refractivity contribution in [2.24, 2.45) is 0 Å². The lowest BCUT2D eigenvalue weighted by atomic mass is 9.84. The van der Waals surface area contributed by atoms with Gasteiger partial charge < -0.3 is 15.0 Å². The summed E-state index contributed by atoms with van der Waals surface area (Å²) in [6.45, 7) is 0.240. The van der Waals surface area contributed by atoms with Crippen LogP contribution in [0.15, 0.2) is 30.3 Å². The van der Waals surface area contributed by atoms with Crippen molar-refractivity contribution in [2.45, 2.75) is 44.2 Å². The van der Waals surface area contributed by atoms with Gasteiger partial charge in [0.15, 0.2) is 5.65 Å². The number of H-pyrrole nitrogens is 1. The van der Waals surface area contributed by atoms with Gasteiger partial charge in [-0.1, -0.05) is 41.2 Å². The number of amides is 1. The van der Waals surface area contributed by atoms with Crippen LogP contribution in [0.1, 0.15) is 43.0 Å². The van der Waals surface area contributed by atoms with Gasteiger partial charge in [0.2, 0.25) is 0 Å². The largest absolute Gasteiger partial charge is 0.465 e. The second-order valence-corrected chi connectivity index (χ2v) is 8.59. The van der Waals surface area contributed by atoms with Gasteiger partial charge in [-0.15, -0.1) is 0 Å². The maximum Gasteiger partial charge on any atom is 0.407 e. The minimum Gasteiger partial charge on any atom is -0.465 e. The molecule has 1 saturated carbocycles. The molecule has 1 amide bonds. The lowest BCUT2D eigenvalue weighted by molar-refractivity contribution is 0.102. The molecule has 1 aromatic carbocycles. The van der Waals surface area contributed by atoms with Gasteiger partial charge in [0.1, 0.15) is 11.0 Å². The van der Waals surface area contributed by atoms with Gasteiger partial charge in [-0.3, -0.25) is 0 Å². The maximum atomic E-state index is 12.0. The highest BCUT2D eigenvalue weighted by molar-refractivity contribution is 6.34. The Morgan fingerprint density at radius 1 is 1.14 bits per heavy atom. The van der Waals surface area contributed by atoms with Gasteiger partial charge >= 0.3 is 6.09 Å². The molecule has 3 aromatic rings. The van der Waals surface area contributed by atoms with E-state index < -0.39 is 6.09 Å². The Balaban J connectivity index is 1.55. The second kappa shape index (κ2) is 8.38. The van der Waals surface area contributed by atoms with Crippen molar-refractivity contribution in [1.29, 1.82) is 0 Å². The number of carbonyl (C=O) groups is 1. The van der Waals surface area contributed by atoms with Crippen LogP contribution in [-0.2, 0) is 6.54 Å². The minimum absolute atomic E-state index is 0.117. The Hall–Kier alpha value is -2.02. The summed E-state index contributed by atoms with van der Waals surface area (Å²) in [6.07, 6.45) is 2.40. The van der Waals surface area contributed by atoms with Crippen molar-refractivity contribution < 1.29 is 9.90 Å². The van der Waals surface area contributed by atoms with Gasteiger partial charge in [0.05, 0.1) is 5.52 Å². The Kier molecular flexibility index (Phi) is 5.86. The number of nitrogens with one attached hydrogen (secondary N) is 1. The van der Waals surface area contributed by atoms with Crippen LogP contribution in [0, 0.1) is 0 Å². The fraction of sp³-hybridized carbons (Fsp3) is 0.350. The first-order valence-corrected chi connectivity index (χ1v) is 10.5. The summed E-state index contributed by atoms with van der Waals surface area (Å²) in [4.78, 5) is 25.6. The van der Waals surface area contributed by atoms with Gasteiger partial charge in [-0.05, 0) is 55.2 Å². The minimum atomic E-state index is -0.954. The van der Waals surface area contributed by atoms with E-state index in [-0.39, 0.29) is 18.5 Å². The monoisotopic (exact) mass is 452 g/mol. The molecule has 2 N–H and O–H groups in total. The molecule has 9 heteroatoms. The normalized spacial score (nSPS) is 19.4. The van der Waals surface area contributed by atoms with Crippen molar-refractivity contribution in [3.8, 4) is 0 Å². The van der Waals surface area contributed by atoms with E-state index in [1.165, 1.54) is 4.90 Å². The van der Waals surface area contributed by atoms with Crippen molar-refractivity contribution in [3.05, 3.63) is 56.9 Å². The third-order valence-electron chi connectivity index (χ3n) is 5.33. The first kappa shape index (κ1) is 20.3. The van der Waals surface area contributed by atoms with Crippen LogP contribution in [0.3, 0.4) is 0 Å². The quantitative estimate of drug-likeness (QED) is 0.466. The Labute approximate surface area is 182 Å². The summed E-state index contributed by atoms with van der Waals surface area (Å²) in [7, 11) is 0. The first-order valence-electron chi connectivity index (χ1n) is 9.36. The molecule has 152 valence electrons. The number of benzene rings is 1. The van der Waals surface area contributed by atoms with Crippen molar-refractivity contribution in [3.63, 3.8) is 0 Å². The number of hydrogen-bond donors (Lipinski definition) is 2. The van der Waals surface area contributed by atoms with Gasteiger partial charge in [-0.25, -0.2) is 14.8 Å². The van der Waals surface area contributed by atoms with Crippen LogP contribution in [0.25, 0.3) is 11.2 Å². The van der Waals surface area contributed by atoms with Crippen LogP contribution in [0.4, 0.5) is 4.79 Å². The van der Waals surface area contributed by atoms with Crippen molar-refractivity contribution in [2.75, 3.05) is 0 Å². The predicted molar refractivity (Wildman–Crippen MR) is 114 cm³/mol. The highest BCUT2D eigenvalue weighted by atomic mass is 35.5. The molecule has 4 rings (SSSR count). The van der Waals surface area contributed by atoms with Crippen LogP contribution in [0.5, 0.6) is 0 Å². The molecule has 1 aliphatic rings. The molecule has 0 radical (unpaired) electrons. The van der Waals surface area contributed by atoms with Gasteiger partial charge in [0, 0.05) is 28.5 Å². The van der Waals surface area contributed by atoms with Crippen LogP contribution >= 0.6 is 34.8 Å². The van der Waals surface area contributed by atoms with E-state index in [2.05, 4.69) is 15.0 Å². The third kappa shape index (κ3) is 4.60. The van der Waals surface area contributed by atoms with Crippen LogP contribution in [-0.4, -0.2) is 37.1 Å². The molecular weight excluding hydrogens is 435 g/mol. The lowest BCUT2D eigenvalue weighted by Gasteiger charge is -2.35. The number of fused-ring (bicyclic) bond motifs is 1. The van der Waals surface area contributed by atoms with E-state index in [0.29, 0.717) is 27.3 Å². The molecule has 1 fully saturated rings. The molecule has 2 atom stereocenters. The summed E-state index contributed by atoms with van der Waals surface area (Å²) in [5.74, 6) is 0.960. The molecule has 0 saturated heterocycles. The number of halogens is 3. The van der Waals surface area contributed by atoms with Crippen molar-refractivity contribution >= 4 is 52.1 Å². The third-order valence-corrected chi connectivity index (χ3v) is 5.97. The number of aromatic amines is 1. The average molecular weight is 454 g/mol. The summed E-state index contributed by atoms with van der Waals surface area (Å²) in [5, 5.41) is 11.2. The Morgan fingerprint density at radius 2 is 1.90 bits per heavy atom. The predicted octanol–water partition coefficient (Wildman–Crippen LogP) is 6.12. The van der Waals surface area contributed by atoms with Gasteiger partial charge in [-0.2, -0.15) is 0 Å². The molecule has 0 aliphatic heterocycles. The lowest BCUT2D eigenvalue weighted by Crippen LogP contribution is -2.41. The Bertz CT molecular complexity index is 1040. The van der Waals surface area contributed by atoms with Crippen LogP contribution < -0.4 is 0 Å². The van der Waals surface area contributed by atoms with E-state index in [1.54, 1.807) is 24.3 Å². The second-order valence-electron chi connectivity index (χ2n) is 7.33.